The number of carboxylic acid groups (broad SMARTS) is 1. The first kappa shape index (κ1) is 16.1. The largest absolute Gasteiger partial charge is 0.478 e. The van der Waals surface area contributed by atoms with Crippen LogP contribution in [0.2, 0.25) is 0 Å². The average molecular weight is 304 g/mol. The monoisotopic (exact) mass is 304 g/mol. The summed E-state index contributed by atoms with van der Waals surface area (Å²) in [5.41, 5.74) is -0.294. The van der Waals surface area contributed by atoms with Gasteiger partial charge in [0.2, 0.25) is 10.9 Å². The molecule has 0 unspecified atom stereocenters. The minimum Gasteiger partial charge on any atom is -0.478 e. The van der Waals surface area contributed by atoms with E-state index in [2.05, 4.69) is 10.2 Å². The van der Waals surface area contributed by atoms with Gasteiger partial charge in [0, 0.05) is 26.8 Å². The minimum absolute atomic E-state index is 0.128. The quantitative estimate of drug-likeness (QED) is 0.728. The number of sulfonamides is 1. The maximum absolute atomic E-state index is 12.2. The van der Waals surface area contributed by atoms with Gasteiger partial charge in [0.1, 0.15) is 5.56 Å². The van der Waals surface area contributed by atoms with Gasteiger partial charge in [-0.15, -0.1) is 0 Å². The fourth-order valence-corrected chi connectivity index (χ4v) is 2.64. The Morgan fingerprint density at radius 2 is 1.85 bits per heavy atom. The Hall–Kier alpha value is -1.94. The molecule has 0 aromatic carbocycles. The number of carbonyl (C=O) groups is 2. The lowest BCUT2D eigenvalue weighted by molar-refractivity contribution is -0.128. The second-order valence-electron chi connectivity index (χ2n) is 4.38. The number of aromatic amines is 1. The highest BCUT2D eigenvalue weighted by Crippen LogP contribution is 2.19. The molecule has 0 bridgehead atoms. The van der Waals surface area contributed by atoms with Crippen LogP contribution < -0.4 is 0 Å². The van der Waals surface area contributed by atoms with E-state index in [1.807, 2.05) is 0 Å². The molecule has 0 aliphatic rings. The molecule has 0 aliphatic heterocycles. The highest BCUT2D eigenvalue weighted by atomic mass is 32.2. The van der Waals surface area contributed by atoms with Gasteiger partial charge in [-0.1, -0.05) is 0 Å². The molecule has 1 aromatic rings. The molecule has 1 rings (SSSR count). The second kappa shape index (κ2) is 5.59. The van der Waals surface area contributed by atoms with Crippen molar-refractivity contribution in [3.8, 4) is 0 Å². The van der Waals surface area contributed by atoms with Crippen LogP contribution in [0.4, 0.5) is 0 Å². The lowest BCUT2D eigenvalue weighted by atomic mass is 10.3. The van der Waals surface area contributed by atoms with Crippen molar-refractivity contribution < 1.29 is 23.1 Å². The van der Waals surface area contributed by atoms with E-state index in [1.165, 1.54) is 33.0 Å². The summed E-state index contributed by atoms with van der Waals surface area (Å²) in [7, 11) is 0.00760. The molecule has 0 fully saturated rings. The van der Waals surface area contributed by atoms with Crippen molar-refractivity contribution in [2.24, 2.45) is 0 Å². The van der Waals surface area contributed by atoms with Gasteiger partial charge in [-0.05, 0) is 6.92 Å². The maximum atomic E-state index is 12.2. The summed E-state index contributed by atoms with van der Waals surface area (Å²) >= 11 is 0. The lowest BCUT2D eigenvalue weighted by Gasteiger charge is -2.18. The molecule has 1 amide bonds. The molecule has 1 aromatic heterocycles. The lowest BCUT2D eigenvalue weighted by Crippen LogP contribution is -2.38. The number of aromatic carboxylic acids is 1. The zero-order valence-electron chi connectivity index (χ0n) is 11.5. The molecule has 0 spiro atoms. The van der Waals surface area contributed by atoms with Crippen LogP contribution in [0.3, 0.4) is 0 Å². The zero-order chi connectivity index (χ0) is 15.7. The normalized spacial score (nSPS) is 11.7. The number of H-pyrrole nitrogens is 1. The van der Waals surface area contributed by atoms with E-state index in [0.29, 0.717) is 0 Å². The number of amides is 1. The average Bonchev–Trinajstić information content (AvgIpc) is 2.71. The van der Waals surface area contributed by atoms with Crippen LogP contribution in [-0.2, 0) is 14.8 Å². The topological polar surface area (TPSA) is 124 Å². The Morgan fingerprint density at radius 3 is 2.30 bits per heavy atom. The van der Waals surface area contributed by atoms with Crippen LogP contribution >= 0.6 is 0 Å². The number of rotatable bonds is 5. The fourth-order valence-electron chi connectivity index (χ4n) is 1.41. The molecule has 0 aliphatic carbocycles. The van der Waals surface area contributed by atoms with Crippen molar-refractivity contribution in [2.75, 3.05) is 27.7 Å². The van der Waals surface area contributed by atoms with E-state index in [1.54, 1.807) is 0 Å². The Morgan fingerprint density at radius 1 is 1.30 bits per heavy atom. The molecule has 1 heterocycles. The molecule has 0 saturated carbocycles. The van der Waals surface area contributed by atoms with Crippen LogP contribution in [0.1, 0.15) is 16.1 Å². The Balaban J connectivity index is 3.18. The third-order valence-corrected chi connectivity index (χ3v) is 4.37. The Labute approximate surface area is 116 Å². The van der Waals surface area contributed by atoms with Gasteiger partial charge in [0.05, 0.1) is 6.54 Å². The van der Waals surface area contributed by atoms with E-state index in [-0.39, 0.29) is 5.69 Å². The SMILES string of the molecule is Cc1[nH]nc(S(=O)(=O)N(C)CC(=O)N(C)C)c1C(=O)O. The molecule has 10 heteroatoms. The number of nitrogens with zero attached hydrogens (tertiary/aromatic N) is 3. The molecular formula is C10H16N4O5S. The van der Waals surface area contributed by atoms with Gasteiger partial charge in [0.15, 0.2) is 0 Å². The summed E-state index contributed by atoms with van der Waals surface area (Å²) in [6, 6.07) is 0. The summed E-state index contributed by atoms with van der Waals surface area (Å²) in [5, 5.41) is 14.3. The van der Waals surface area contributed by atoms with Crippen molar-refractivity contribution in [1.82, 2.24) is 19.4 Å². The summed E-state index contributed by atoms with van der Waals surface area (Å²) in [6.45, 7) is 1.00. The number of carboxylic acids is 1. The third-order valence-electron chi connectivity index (χ3n) is 2.64. The van der Waals surface area contributed by atoms with Gasteiger partial charge in [0.25, 0.3) is 10.0 Å². The number of likely N-dealkylation sites (N-methyl/N-ethyl adjacent to an activating group) is 2. The zero-order valence-corrected chi connectivity index (χ0v) is 12.4. The van der Waals surface area contributed by atoms with Crippen molar-refractivity contribution >= 4 is 21.9 Å². The number of hydrogen-bond acceptors (Lipinski definition) is 5. The summed E-state index contributed by atoms with van der Waals surface area (Å²) in [6.07, 6.45) is 0. The van der Waals surface area contributed by atoms with E-state index < -0.39 is 39.0 Å². The molecule has 2 N–H and O–H groups in total. The summed E-state index contributed by atoms with van der Waals surface area (Å²) in [4.78, 5) is 23.9. The highest BCUT2D eigenvalue weighted by Gasteiger charge is 2.32. The predicted molar refractivity (Wildman–Crippen MR) is 68.8 cm³/mol. The van der Waals surface area contributed by atoms with Crippen molar-refractivity contribution in [2.45, 2.75) is 11.9 Å². The van der Waals surface area contributed by atoms with Crippen molar-refractivity contribution in [3.05, 3.63) is 11.3 Å². The smallest absolute Gasteiger partial charge is 0.340 e. The van der Waals surface area contributed by atoms with Gasteiger partial charge >= 0.3 is 5.97 Å². The standard InChI is InChI=1S/C10H16N4O5S/c1-6-8(10(16)17)9(12-11-6)20(18,19)14(4)5-7(15)13(2)3/h5H2,1-4H3,(H,11,12)(H,16,17). The van der Waals surface area contributed by atoms with E-state index in [4.69, 9.17) is 5.11 Å². The van der Waals surface area contributed by atoms with Crippen LogP contribution in [-0.4, -0.2) is 72.5 Å². The van der Waals surface area contributed by atoms with Gasteiger partial charge < -0.3 is 10.0 Å². The highest BCUT2D eigenvalue weighted by molar-refractivity contribution is 7.89. The first-order valence-corrected chi connectivity index (χ1v) is 6.97. The van der Waals surface area contributed by atoms with Gasteiger partial charge in [-0.2, -0.15) is 9.40 Å². The van der Waals surface area contributed by atoms with Crippen LogP contribution in [0.5, 0.6) is 0 Å². The van der Waals surface area contributed by atoms with Gasteiger partial charge in [-0.25, -0.2) is 13.2 Å². The van der Waals surface area contributed by atoms with E-state index >= 15 is 0 Å². The molecule has 9 nitrogen and oxygen atoms in total. The molecular weight excluding hydrogens is 288 g/mol. The first-order chi connectivity index (χ1) is 9.09. The number of aryl methyl sites for hydroxylation is 1. The third kappa shape index (κ3) is 2.96. The van der Waals surface area contributed by atoms with Crippen LogP contribution in [0.15, 0.2) is 5.03 Å². The predicted octanol–water partition coefficient (Wildman–Crippen LogP) is -0.875. The Bertz CT molecular complexity index is 634. The maximum Gasteiger partial charge on any atom is 0.340 e. The molecule has 0 saturated heterocycles. The second-order valence-corrected chi connectivity index (χ2v) is 6.34. The number of hydrogen-bond donors (Lipinski definition) is 2. The van der Waals surface area contributed by atoms with Gasteiger partial charge in [-0.3, -0.25) is 9.89 Å². The number of carbonyl (C=O) groups excluding carboxylic acids is 1. The van der Waals surface area contributed by atoms with E-state index in [0.717, 1.165) is 4.31 Å². The fraction of sp³-hybridized carbons (Fsp3) is 0.500. The van der Waals surface area contributed by atoms with Crippen LogP contribution in [0.25, 0.3) is 0 Å². The number of nitrogens with one attached hydrogen (secondary N) is 1. The number of aromatic nitrogens is 2. The molecule has 0 atom stereocenters. The Kier molecular flexibility index (Phi) is 4.50. The molecule has 20 heavy (non-hydrogen) atoms. The van der Waals surface area contributed by atoms with E-state index in [9.17, 15) is 18.0 Å². The van der Waals surface area contributed by atoms with Crippen molar-refractivity contribution in [3.63, 3.8) is 0 Å². The molecule has 0 radical (unpaired) electrons. The minimum atomic E-state index is -4.16. The summed E-state index contributed by atoms with van der Waals surface area (Å²) < 4.78 is 25.2. The first-order valence-electron chi connectivity index (χ1n) is 5.53. The van der Waals surface area contributed by atoms with Crippen LogP contribution in [0, 0.1) is 6.92 Å². The summed E-state index contributed by atoms with van der Waals surface area (Å²) in [5.74, 6) is -1.83. The van der Waals surface area contributed by atoms with Crippen molar-refractivity contribution in [1.29, 1.82) is 0 Å². The molecule has 112 valence electrons.